The van der Waals surface area contributed by atoms with Crippen molar-refractivity contribution in [3.63, 3.8) is 0 Å². The molecule has 6 heteroatoms. The van der Waals surface area contributed by atoms with Gasteiger partial charge >= 0.3 is 12.0 Å². The minimum absolute atomic E-state index is 0.0735. The predicted molar refractivity (Wildman–Crippen MR) is 84.4 cm³/mol. The van der Waals surface area contributed by atoms with Crippen molar-refractivity contribution in [1.82, 2.24) is 4.90 Å². The molecule has 114 valence electrons. The summed E-state index contributed by atoms with van der Waals surface area (Å²) in [5.74, 6) is -1.12. The minimum Gasteiger partial charge on any atom is -0.481 e. The SMILES string of the molecule is Cc1cc(Br)ccc1NC(=O)N1CCC(C(=O)O)CC1C. The van der Waals surface area contributed by atoms with Gasteiger partial charge < -0.3 is 15.3 Å². The Kier molecular flexibility index (Phi) is 4.88. The molecular formula is C15H19BrN2O3. The lowest BCUT2D eigenvalue weighted by Crippen LogP contribution is -2.47. The fourth-order valence-electron chi connectivity index (χ4n) is 2.65. The van der Waals surface area contributed by atoms with Gasteiger partial charge in [-0.15, -0.1) is 0 Å². The molecule has 0 saturated carbocycles. The Bertz CT molecular complexity index is 562. The Balaban J connectivity index is 2.02. The minimum atomic E-state index is -0.773. The second kappa shape index (κ2) is 6.47. The molecule has 1 saturated heterocycles. The summed E-state index contributed by atoms with van der Waals surface area (Å²) in [6.45, 7) is 4.29. The maximum atomic E-state index is 12.3. The Labute approximate surface area is 132 Å². The number of halogens is 1. The summed E-state index contributed by atoms with van der Waals surface area (Å²) in [6, 6.07) is 5.43. The first-order valence-corrected chi connectivity index (χ1v) is 7.74. The molecule has 0 radical (unpaired) electrons. The molecule has 21 heavy (non-hydrogen) atoms. The number of likely N-dealkylation sites (tertiary alicyclic amines) is 1. The van der Waals surface area contributed by atoms with Crippen molar-refractivity contribution >= 4 is 33.6 Å². The smallest absolute Gasteiger partial charge is 0.322 e. The van der Waals surface area contributed by atoms with E-state index in [-0.39, 0.29) is 18.0 Å². The number of nitrogens with one attached hydrogen (secondary N) is 1. The van der Waals surface area contributed by atoms with E-state index in [1.165, 1.54) is 0 Å². The van der Waals surface area contributed by atoms with Gasteiger partial charge in [0.05, 0.1) is 5.92 Å². The monoisotopic (exact) mass is 354 g/mol. The molecule has 1 heterocycles. The number of carbonyl (C=O) groups excluding carboxylic acids is 1. The standard InChI is InChI=1S/C15H19BrN2O3/c1-9-7-12(16)3-4-13(9)17-15(21)18-6-5-11(14(19)20)8-10(18)2/h3-4,7,10-11H,5-6,8H2,1-2H3,(H,17,21)(H,19,20). The number of anilines is 1. The van der Waals surface area contributed by atoms with Crippen molar-refractivity contribution in [2.75, 3.05) is 11.9 Å². The van der Waals surface area contributed by atoms with E-state index in [0.717, 1.165) is 15.7 Å². The molecule has 2 unspecified atom stereocenters. The number of hydrogen-bond acceptors (Lipinski definition) is 2. The lowest BCUT2D eigenvalue weighted by atomic mass is 9.92. The van der Waals surface area contributed by atoms with E-state index < -0.39 is 5.97 Å². The zero-order valence-electron chi connectivity index (χ0n) is 12.1. The molecule has 0 bridgehead atoms. The van der Waals surface area contributed by atoms with Gasteiger partial charge in [-0.05, 0) is 50.5 Å². The number of amides is 2. The average molecular weight is 355 g/mol. The van der Waals surface area contributed by atoms with Gasteiger partial charge in [0.25, 0.3) is 0 Å². The van der Waals surface area contributed by atoms with Crippen LogP contribution in [0.4, 0.5) is 10.5 Å². The van der Waals surface area contributed by atoms with Crippen molar-refractivity contribution in [2.45, 2.75) is 32.7 Å². The summed E-state index contributed by atoms with van der Waals surface area (Å²) in [6.07, 6.45) is 1.01. The fraction of sp³-hybridized carbons (Fsp3) is 0.467. The van der Waals surface area contributed by atoms with E-state index in [4.69, 9.17) is 5.11 Å². The van der Waals surface area contributed by atoms with Crippen molar-refractivity contribution < 1.29 is 14.7 Å². The van der Waals surface area contributed by atoms with E-state index in [1.807, 2.05) is 32.0 Å². The number of benzene rings is 1. The highest BCUT2D eigenvalue weighted by Gasteiger charge is 2.32. The van der Waals surface area contributed by atoms with E-state index in [9.17, 15) is 9.59 Å². The number of nitrogens with zero attached hydrogens (tertiary/aromatic N) is 1. The molecule has 1 aromatic carbocycles. The summed E-state index contributed by atoms with van der Waals surface area (Å²) in [5, 5.41) is 12.0. The van der Waals surface area contributed by atoms with Crippen molar-refractivity contribution in [3.05, 3.63) is 28.2 Å². The molecule has 2 amide bonds. The van der Waals surface area contributed by atoms with Crippen LogP contribution in [0.3, 0.4) is 0 Å². The maximum Gasteiger partial charge on any atom is 0.322 e. The van der Waals surface area contributed by atoms with Crippen LogP contribution in [0.2, 0.25) is 0 Å². The van der Waals surface area contributed by atoms with Crippen LogP contribution in [0.15, 0.2) is 22.7 Å². The molecule has 2 atom stereocenters. The largest absolute Gasteiger partial charge is 0.481 e. The number of carboxylic acids is 1. The number of carboxylic acid groups (broad SMARTS) is 1. The summed E-state index contributed by atoms with van der Waals surface area (Å²) in [4.78, 5) is 25.1. The number of aryl methyl sites for hydroxylation is 1. The topological polar surface area (TPSA) is 69.6 Å². The number of hydrogen-bond donors (Lipinski definition) is 2. The quantitative estimate of drug-likeness (QED) is 0.853. The molecule has 0 spiro atoms. The number of piperidine rings is 1. The Hall–Kier alpha value is -1.56. The van der Waals surface area contributed by atoms with E-state index >= 15 is 0 Å². The van der Waals surface area contributed by atoms with Crippen LogP contribution in [0.1, 0.15) is 25.3 Å². The highest BCUT2D eigenvalue weighted by Crippen LogP contribution is 2.25. The summed E-state index contributed by atoms with van der Waals surface area (Å²) >= 11 is 3.39. The van der Waals surface area contributed by atoms with Crippen molar-refractivity contribution in [3.8, 4) is 0 Å². The second-order valence-electron chi connectivity index (χ2n) is 5.49. The molecular weight excluding hydrogens is 336 g/mol. The summed E-state index contributed by atoms with van der Waals surface area (Å²) in [5.41, 5.74) is 1.75. The van der Waals surface area contributed by atoms with Crippen LogP contribution in [0, 0.1) is 12.8 Å². The van der Waals surface area contributed by atoms with E-state index in [1.54, 1.807) is 4.90 Å². The van der Waals surface area contributed by atoms with Gasteiger partial charge in [-0.25, -0.2) is 4.79 Å². The van der Waals surface area contributed by atoms with Gasteiger partial charge in [-0.1, -0.05) is 15.9 Å². The normalized spacial score (nSPS) is 22.0. The van der Waals surface area contributed by atoms with Crippen LogP contribution < -0.4 is 5.32 Å². The second-order valence-corrected chi connectivity index (χ2v) is 6.41. The highest BCUT2D eigenvalue weighted by molar-refractivity contribution is 9.10. The van der Waals surface area contributed by atoms with Crippen LogP contribution in [0.25, 0.3) is 0 Å². The molecule has 2 rings (SSSR count). The lowest BCUT2D eigenvalue weighted by Gasteiger charge is -2.36. The summed E-state index contributed by atoms with van der Waals surface area (Å²) < 4.78 is 0.966. The third-order valence-electron chi connectivity index (χ3n) is 3.92. The first-order valence-electron chi connectivity index (χ1n) is 6.95. The maximum absolute atomic E-state index is 12.3. The number of carbonyl (C=O) groups is 2. The van der Waals surface area contributed by atoms with E-state index in [2.05, 4.69) is 21.2 Å². The number of aliphatic carboxylic acids is 1. The van der Waals surface area contributed by atoms with Crippen LogP contribution in [-0.2, 0) is 4.79 Å². The first kappa shape index (κ1) is 15.8. The molecule has 1 aliphatic rings. The molecule has 0 aliphatic carbocycles. The van der Waals surface area contributed by atoms with Gasteiger partial charge in [-0.3, -0.25) is 4.79 Å². The highest BCUT2D eigenvalue weighted by atomic mass is 79.9. The Morgan fingerprint density at radius 2 is 2.14 bits per heavy atom. The number of urea groups is 1. The van der Waals surface area contributed by atoms with Crippen LogP contribution >= 0.6 is 15.9 Å². The Morgan fingerprint density at radius 3 is 2.71 bits per heavy atom. The van der Waals surface area contributed by atoms with Crippen LogP contribution in [0.5, 0.6) is 0 Å². The zero-order chi connectivity index (χ0) is 15.6. The predicted octanol–water partition coefficient (Wildman–Crippen LogP) is 3.47. The molecule has 2 N–H and O–H groups in total. The van der Waals surface area contributed by atoms with Crippen molar-refractivity contribution in [2.24, 2.45) is 5.92 Å². The van der Waals surface area contributed by atoms with Gasteiger partial charge in [0.2, 0.25) is 0 Å². The average Bonchev–Trinajstić information content (AvgIpc) is 2.41. The molecule has 1 aromatic rings. The van der Waals surface area contributed by atoms with Gasteiger partial charge in [0.1, 0.15) is 0 Å². The van der Waals surface area contributed by atoms with Gasteiger partial charge in [-0.2, -0.15) is 0 Å². The molecule has 1 aliphatic heterocycles. The first-order chi connectivity index (χ1) is 9.88. The van der Waals surface area contributed by atoms with E-state index in [0.29, 0.717) is 19.4 Å². The van der Waals surface area contributed by atoms with Gasteiger partial charge in [0.15, 0.2) is 0 Å². The molecule has 0 aromatic heterocycles. The summed E-state index contributed by atoms with van der Waals surface area (Å²) in [7, 11) is 0. The third-order valence-corrected chi connectivity index (χ3v) is 4.41. The van der Waals surface area contributed by atoms with Crippen molar-refractivity contribution in [1.29, 1.82) is 0 Å². The Morgan fingerprint density at radius 1 is 1.43 bits per heavy atom. The fourth-order valence-corrected chi connectivity index (χ4v) is 3.13. The molecule has 5 nitrogen and oxygen atoms in total. The van der Waals surface area contributed by atoms with Crippen LogP contribution in [-0.4, -0.2) is 34.6 Å². The lowest BCUT2D eigenvalue weighted by molar-refractivity contribution is -0.143. The third kappa shape index (κ3) is 3.75. The zero-order valence-corrected chi connectivity index (χ0v) is 13.7. The molecule has 1 fully saturated rings. The van der Waals surface area contributed by atoms with Gasteiger partial charge in [0, 0.05) is 22.7 Å². The number of rotatable bonds is 2.